The molecule has 2 rings (SSSR count). The number of unbranched alkanes of at least 4 members (excludes halogenated alkanes) is 1. The molecule has 0 heterocycles. The molecule has 0 atom stereocenters. The van der Waals surface area contributed by atoms with E-state index < -0.39 is 0 Å². The molecule has 4 heteroatoms. The third-order valence-electron chi connectivity index (χ3n) is 5.50. The van der Waals surface area contributed by atoms with Gasteiger partial charge in [0.05, 0.1) is 0 Å². The summed E-state index contributed by atoms with van der Waals surface area (Å²) in [5.74, 6) is 0.345. The molecule has 0 saturated heterocycles. The number of hydrogen-bond donors (Lipinski definition) is 2. The van der Waals surface area contributed by atoms with Crippen LogP contribution in [0, 0.1) is 0 Å². The van der Waals surface area contributed by atoms with Crippen molar-refractivity contribution in [3.05, 3.63) is 0 Å². The SMILES string of the molecule is O=C(CCCCC(=O)NC1CCCCCC1)NC1CCCCCC1. The first-order chi connectivity index (χ1) is 11.7. The van der Waals surface area contributed by atoms with Crippen LogP contribution in [0.5, 0.6) is 0 Å². The Morgan fingerprint density at radius 3 is 1.25 bits per heavy atom. The van der Waals surface area contributed by atoms with E-state index in [-0.39, 0.29) is 11.8 Å². The maximum absolute atomic E-state index is 12.0. The van der Waals surface area contributed by atoms with Gasteiger partial charge in [-0.25, -0.2) is 0 Å². The van der Waals surface area contributed by atoms with Gasteiger partial charge in [0.15, 0.2) is 0 Å². The number of hydrogen-bond acceptors (Lipinski definition) is 2. The Bertz CT molecular complexity index is 332. The van der Waals surface area contributed by atoms with Gasteiger partial charge in [0.2, 0.25) is 11.8 Å². The van der Waals surface area contributed by atoms with E-state index in [0.717, 1.165) is 38.5 Å². The van der Waals surface area contributed by atoms with E-state index in [1.54, 1.807) is 0 Å². The molecule has 138 valence electrons. The molecule has 2 saturated carbocycles. The zero-order valence-corrected chi connectivity index (χ0v) is 15.3. The zero-order chi connectivity index (χ0) is 17.0. The lowest BCUT2D eigenvalue weighted by molar-refractivity contribution is -0.123. The standard InChI is InChI=1S/C20H36N2O2/c23-19(21-17-11-5-1-2-6-12-17)15-9-10-16-20(24)22-18-13-7-3-4-8-14-18/h17-18H,1-16H2,(H,21,23)(H,22,24). The molecule has 2 fully saturated rings. The van der Waals surface area contributed by atoms with Crippen molar-refractivity contribution in [1.29, 1.82) is 0 Å². The molecule has 0 aromatic heterocycles. The lowest BCUT2D eigenvalue weighted by atomic mass is 10.1. The molecule has 0 unspecified atom stereocenters. The molecule has 0 radical (unpaired) electrons. The van der Waals surface area contributed by atoms with Gasteiger partial charge >= 0.3 is 0 Å². The number of amides is 2. The predicted octanol–water partition coefficient (Wildman–Crippen LogP) is 4.22. The molecule has 0 aliphatic heterocycles. The molecule has 2 N–H and O–H groups in total. The van der Waals surface area contributed by atoms with Crippen molar-refractivity contribution < 1.29 is 9.59 Å². The monoisotopic (exact) mass is 336 g/mol. The molecule has 2 aliphatic carbocycles. The normalized spacial score (nSPS) is 20.8. The zero-order valence-electron chi connectivity index (χ0n) is 15.3. The van der Waals surface area contributed by atoms with E-state index in [4.69, 9.17) is 0 Å². The second kappa shape index (κ2) is 11.5. The Morgan fingerprint density at radius 1 is 0.583 bits per heavy atom. The summed E-state index contributed by atoms with van der Waals surface area (Å²) in [5.41, 5.74) is 0. The molecule has 4 nitrogen and oxygen atoms in total. The fraction of sp³-hybridized carbons (Fsp3) is 0.900. The highest BCUT2D eigenvalue weighted by Crippen LogP contribution is 2.18. The van der Waals surface area contributed by atoms with Gasteiger partial charge in [-0.1, -0.05) is 51.4 Å². The topological polar surface area (TPSA) is 58.2 Å². The van der Waals surface area contributed by atoms with Crippen LogP contribution in [0.25, 0.3) is 0 Å². The van der Waals surface area contributed by atoms with Crippen molar-refractivity contribution in [2.24, 2.45) is 0 Å². The van der Waals surface area contributed by atoms with Crippen molar-refractivity contribution in [2.45, 2.75) is 115 Å². The van der Waals surface area contributed by atoms with Crippen molar-refractivity contribution in [2.75, 3.05) is 0 Å². The van der Waals surface area contributed by atoms with Gasteiger partial charge in [-0.05, 0) is 38.5 Å². The van der Waals surface area contributed by atoms with E-state index in [1.807, 2.05) is 0 Å². The minimum atomic E-state index is 0.172. The highest BCUT2D eigenvalue weighted by atomic mass is 16.2. The van der Waals surface area contributed by atoms with Crippen LogP contribution in [-0.4, -0.2) is 23.9 Å². The first-order valence-electron chi connectivity index (χ1n) is 10.3. The average molecular weight is 337 g/mol. The molecule has 2 aliphatic rings. The van der Waals surface area contributed by atoms with Crippen LogP contribution < -0.4 is 10.6 Å². The van der Waals surface area contributed by atoms with Crippen LogP contribution in [0.15, 0.2) is 0 Å². The van der Waals surface area contributed by atoms with Crippen molar-refractivity contribution >= 4 is 11.8 Å². The summed E-state index contributed by atoms with van der Waals surface area (Å²) in [6.07, 6.45) is 17.5. The highest BCUT2D eigenvalue weighted by Gasteiger charge is 2.16. The Balaban J connectivity index is 1.51. The second-order valence-electron chi connectivity index (χ2n) is 7.72. The van der Waals surface area contributed by atoms with Gasteiger partial charge in [-0.3, -0.25) is 9.59 Å². The van der Waals surface area contributed by atoms with Crippen LogP contribution in [-0.2, 0) is 9.59 Å². The number of nitrogens with one attached hydrogen (secondary N) is 2. The number of carbonyl (C=O) groups is 2. The van der Waals surface area contributed by atoms with Crippen LogP contribution in [0.1, 0.15) is 103 Å². The van der Waals surface area contributed by atoms with E-state index >= 15 is 0 Å². The fourth-order valence-electron chi connectivity index (χ4n) is 4.02. The first-order valence-corrected chi connectivity index (χ1v) is 10.3. The van der Waals surface area contributed by atoms with Gasteiger partial charge in [0.1, 0.15) is 0 Å². The molecule has 0 aromatic rings. The fourth-order valence-corrected chi connectivity index (χ4v) is 4.02. The maximum Gasteiger partial charge on any atom is 0.220 e. The molecule has 24 heavy (non-hydrogen) atoms. The molecule has 0 bridgehead atoms. The van der Waals surface area contributed by atoms with E-state index in [1.165, 1.54) is 51.4 Å². The summed E-state index contributed by atoms with van der Waals surface area (Å²) in [7, 11) is 0. The minimum absolute atomic E-state index is 0.172. The average Bonchev–Trinajstić information content (AvgIpc) is 2.96. The third-order valence-corrected chi connectivity index (χ3v) is 5.50. The van der Waals surface area contributed by atoms with Gasteiger partial charge in [-0.15, -0.1) is 0 Å². The first kappa shape index (κ1) is 19.3. The molecule has 0 aromatic carbocycles. The van der Waals surface area contributed by atoms with Gasteiger partial charge in [-0.2, -0.15) is 0 Å². The van der Waals surface area contributed by atoms with Crippen LogP contribution in [0.3, 0.4) is 0 Å². The quantitative estimate of drug-likeness (QED) is 0.540. The van der Waals surface area contributed by atoms with Crippen LogP contribution >= 0.6 is 0 Å². The van der Waals surface area contributed by atoms with Crippen LogP contribution in [0.4, 0.5) is 0 Å². The predicted molar refractivity (Wildman–Crippen MR) is 97.7 cm³/mol. The van der Waals surface area contributed by atoms with Gasteiger partial charge in [0.25, 0.3) is 0 Å². The van der Waals surface area contributed by atoms with Crippen molar-refractivity contribution in [3.63, 3.8) is 0 Å². The van der Waals surface area contributed by atoms with Crippen molar-refractivity contribution in [1.82, 2.24) is 10.6 Å². The summed E-state index contributed by atoms with van der Waals surface area (Å²) in [6.45, 7) is 0. The molecule has 0 spiro atoms. The Labute approximate surface area is 147 Å². The lowest BCUT2D eigenvalue weighted by Crippen LogP contribution is -2.35. The van der Waals surface area contributed by atoms with E-state index in [0.29, 0.717) is 24.9 Å². The lowest BCUT2D eigenvalue weighted by Gasteiger charge is -2.17. The summed E-state index contributed by atoms with van der Waals surface area (Å²) in [6, 6.07) is 0.775. The number of rotatable bonds is 7. The Morgan fingerprint density at radius 2 is 0.917 bits per heavy atom. The minimum Gasteiger partial charge on any atom is -0.353 e. The Kier molecular flexibility index (Phi) is 9.22. The van der Waals surface area contributed by atoms with Crippen LogP contribution in [0.2, 0.25) is 0 Å². The largest absolute Gasteiger partial charge is 0.353 e. The maximum atomic E-state index is 12.0. The Hall–Kier alpha value is -1.06. The summed E-state index contributed by atoms with van der Waals surface area (Å²) < 4.78 is 0. The van der Waals surface area contributed by atoms with Crippen molar-refractivity contribution in [3.8, 4) is 0 Å². The smallest absolute Gasteiger partial charge is 0.220 e. The summed E-state index contributed by atoms with van der Waals surface area (Å²) in [4.78, 5) is 24.0. The summed E-state index contributed by atoms with van der Waals surface area (Å²) >= 11 is 0. The molecular formula is C20H36N2O2. The van der Waals surface area contributed by atoms with E-state index in [9.17, 15) is 9.59 Å². The van der Waals surface area contributed by atoms with Gasteiger partial charge in [0, 0.05) is 24.9 Å². The summed E-state index contributed by atoms with van der Waals surface area (Å²) in [5, 5.41) is 6.36. The highest BCUT2D eigenvalue weighted by molar-refractivity contribution is 5.77. The molecule has 2 amide bonds. The van der Waals surface area contributed by atoms with Gasteiger partial charge < -0.3 is 10.6 Å². The second-order valence-corrected chi connectivity index (χ2v) is 7.72. The third kappa shape index (κ3) is 8.16. The van der Waals surface area contributed by atoms with E-state index in [2.05, 4.69) is 10.6 Å². The molecular weight excluding hydrogens is 300 g/mol. The number of carbonyl (C=O) groups excluding carboxylic acids is 2.